The summed E-state index contributed by atoms with van der Waals surface area (Å²) < 4.78 is 5.09. The largest absolute Gasteiger partial charge is 0.462 e. The monoisotopic (exact) mass is 394 g/mol. The first-order valence-corrected chi connectivity index (χ1v) is 9.92. The minimum atomic E-state index is -0.400. The van der Waals surface area contributed by atoms with E-state index in [-0.39, 0.29) is 30.2 Å². The molecule has 1 saturated heterocycles. The Morgan fingerprint density at radius 2 is 1.83 bits per heavy atom. The predicted octanol–water partition coefficient (Wildman–Crippen LogP) is 3.80. The van der Waals surface area contributed by atoms with Crippen molar-refractivity contribution in [2.75, 3.05) is 18.5 Å². The van der Waals surface area contributed by atoms with Crippen LogP contribution in [0.1, 0.15) is 48.7 Å². The van der Waals surface area contributed by atoms with E-state index in [1.165, 1.54) is 0 Å². The molecule has 0 unspecified atom stereocenters. The van der Waals surface area contributed by atoms with Crippen LogP contribution in [0.2, 0.25) is 0 Å². The van der Waals surface area contributed by atoms with Crippen LogP contribution in [0.15, 0.2) is 54.6 Å². The van der Waals surface area contributed by atoms with Crippen molar-refractivity contribution in [1.82, 2.24) is 4.90 Å². The lowest BCUT2D eigenvalue weighted by Crippen LogP contribution is -2.30. The molecule has 2 aromatic rings. The molecule has 1 N–H and O–H groups in total. The summed E-state index contributed by atoms with van der Waals surface area (Å²) in [6.07, 6.45) is 0.963. The van der Waals surface area contributed by atoms with E-state index in [0.717, 1.165) is 12.0 Å². The highest BCUT2D eigenvalue weighted by molar-refractivity contribution is 5.97. The lowest BCUT2D eigenvalue weighted by molar-refractivity contribution is -0.129. The fourth-order valence-corrected chi connectivity index (χ4v) is 3.41. The molecule has 1 fully saturated rings. The van der Waals surface area contributed by atoms with E-state index in [1.807, 2.05) is 44.2 Å². The molecule has 0 aromatic heterocycles. The number of nitrogens with zero attached hydrogens (tertiary/aromatic N) is 1. The summed E-state index contributed by atoms with van der Waals surface area (Å²) in [7, 11) is 0. The number of nitrogens with one attached hydrogen (secondary N) is 1. The average Bonchev–Trinajstić information content (AvgIpc) is 3.14. The Morgan fingerprint density at radius 3 is 2.48 bits per heavy atom. The highest BCUT2D eigenvalue weighted by Gasteiger charge is 2.37. The van der Waals surface area contributed by atoms with Gasteiger partial charge in [-0.05, 0) is 43.2 Å². The van der Waals surface area contributed by atoms with Crippen molar-refractivity contribution >= 4 is 23.5 Å². The molecule has 1 aliphatic heterocycles. The van der Waals surface area contributed by atoms with Crippen molar-refractivity contribution in [1.29, 1.82) is 0 Å². The number of benzene rings is 2. The molecule has 2 aromatic carbocycles. The standard InChI is InChI=1S/C23H26N2O4/c1-3-13-29-23(28)18-9-11-20(12-10-18)24-22(27)19-14-21(26)25(15-19)16(2)17-7-5-4-6-8-17/h4-12,16,19H,3,13-15H2,1-2H3,(H,24,27)/t16-,19+/m1/s1. The van der Waals surface area contributed by atoms with Crippen LogP contribution in [-0.4, -0.2) is 35.8 Å². The minimum Gasteiger partial charge on any atom is -0.462 e. The maximum Gasteiger partial charge on any atom is 0.338 e. The van der Waals surface area contributed by atoms with Gasteiger partial charge in [-0.3, -0.25) is 9.59 Å². The second kappa shape index (κ2) is 9.37. The van der Waals surface area contributed by atoms with Crippen molar-refractivity contribution in [3.63, 3.8) is 0 Å². The average molecular weight is 394 g/mol. The fourth-order valence-electron chi connectivity index (χ4n) is 3.41. The number of esters is 1. The molecule has 29 heavy (non-hydrogen) atoms. The zero-order valence-electron chi connectivity index (χ0n) is 16.8. The van der Waals surface area contributed by atoms with Crippen LogP contribution >= 0.6 is 0 Å². The number of anilines is 1. The van der Waals surface area contributed by atoms with Gasteiger partial charge in [0, 0.05) is 18.7 Å². The van der Waals surface area contributed by atoms with Gasteiger partial charge in [-0.2, -0.15) is 0 Å². The first-order chi connectivity index (χ1) is 14.0. The SMILES string of the molecule is CCCOC(=O)c1ccc(NC(=O)[C@H]2CC(=O)N([C@H](C)c3ccccc3)C2)cc1. The van der Waals surface area contributed by atoms with Crippen LogP contribution in [-0.2, 0) is 14.3 Å². The number of hydrogen-bond donors (Lipinski definition) is 1. The predicted molar refractivity (Wildman–Crippen MR) is 110 cm³/mol. The summed E-state index contributed by atoms with van der Waals surface area (Å²) >= 11 is 0. The van der Waals surface area contributed by atoms with E-state index in [9.17, 15) is 14.4 Å². The van der Waals surface area contributed by atoms with Gasteiger partial charge in [0.2, 0.25) is 11.8 Å². The molecule has 3 rings (SSSR count). The zero-order valence-corrected chi connectivity index (χ0v) is 16.8. The van der Waals surface area contributed by atoms with Crippen molar-refractivity contribution in [2.45, 2.75) is 32.7 Å². The second-order valence-electron chi connectivity index (χ2n) is 7.24. The van der Waals surface area contributed by atoms with E-state index in [0.29, 0.717) is 24.4 Å². The molecule has 6 heteroatoms. The summed E-state index contributed by atoms with van der Waals surface area (Å²) in [6, 6.07) is 16.3. The van der Waals surface area contributed by atoms with E-state index in [2.05, 4.69) is 5.32 Å². The molecule has 0 saturated carbocycles. The smallest absolute Gasteiger partial charge is 0.338 e. The number of carbonyl (C=O) groups is 3. The van der Waals surface area contributed by atoms with Crippen LogP contribution in [0.3, 0.4) is 0 Å². The highest BCUT2D eigenvalue weighted by atomic mass is 16.5. The summed E-state index contributed by atoms with van der Waals surface area (Å²) in [5.41, 5.74) is 2.08. The molecule has 1 aliphatic rings. The van der Waals surface area contributed by atoms with E-state index < -0.39 is 5.92 Å². The third-order valence-electron chi connectivity index (χ3n) is 5.10. The van der Waals surface area contributed by atoms with E-state index in [1.54, 1.807) is 29.2 Å². The molecule has 2 atom stereocenters. The Kier molecular flexibility index (Phi) is 6.65. The maximum atomic E-state index is 12.6. The lowest BCUT2D eigenvalue weighted by atomic mass is 10.1. The van der Waals surface area contributed by atoms with Crippen molar-refractivity contribution in [3.05, 3.63) is 65.7 Å². The maximum absolute atomic E-state index is 12.6. The summed E-state index contributed by atoms with van der Waals surface area (Å²) in [4.78, 5) is 38.7. The molecule has 0 bridgehead atoms. The molecule has 0 spiro atoms. The third-order valence-corrected chi connectivity index (χ3v) is 5.10. The topological polar surface area (TPSA) is 75.7 Å². The number of likely N-dealkylation sites (tertiary alicyclic amines) is 1. The Balaban J connectivity index is 1.58. The van der Waals surface area contributed by atoms with Crippen LogP contribution in [0.4, 0.5) is 5.69 Å². The number of amides is 2. The van der Waals surface area contributed by atoms with Gasteiger partial charge in [0.1, 0.15) is 0 Å². The highest BCUT2D eigenvalue weighted by Crippen LogP contribution is 2.29. The van der Waals surface area contributed by atoms with Crippen LogP contribution < -0.4 is 5.32 Å². The molecule has 6 nitrogen and oxygen atoms in total. The summed E-state index contributed by atoms with van der Waals surface area (Å²) in [5.74, 6) is -0.988. The molecular weight excluding hydrogens is 368 g/mol. The van der Waals surface area contributed by atoms with Gasteiger partial charge >= 0.3 is 5.97 Å². The second-order valence-corrected chi connectivity index (χ2v) is 7.24. The van der Waals surface area contributed by atoms with Gasteiger partial charge in [-0.1, -0.05) is 37.3 Å². The zero-order chi connectivity index (χ0) is 20.8. The Bertz CT molecular complexity index is 864. The molecule has 1 heterocycles. The molecule has 152 valence electrons. The Labute approximate surface area is 170 Å². The summed E-state index contributed by atoms with van der Waals surface area (Å²) in [6.45, 7) is 4.68. The molecule has 0 aliphatic carbocycles. The van der Waals surface area contributed by atoms with E-state index >= 15 is 0 Å². The number of carbonyl (C=O) groups excluding carboxylic acids is 3. The van der Waals surface area contributed by atoms with Gasteiger partial charge in [-0.15, -0.1) is 0 Å². The van der Waals surface area contributed by atoms with Gasteiger partial charge in [0.05, 0.1) is 24.1 Å². The van der Waals surface area contributed by atoms with Crippen molar-refractivity contribution in [3.8, 4) is 0 Å². The minimum absolute atomic E-state index is 0.0180. The first-order valence-electron chi connectivity index (χ1n) is 9.92. The normalized spacial score (nSPS) is 17.1. The van der Waals surface area contributed by atoms with Gasteiger partial charge in [0.15, 0.2) is 0 Å². The lowest BCUT2D eigenvalue weighted by Gasteiger charge is -2.25. The van der Waals surface area contributed by atoms with Crippen LogP contribution in [0.25, 0.3) is 0 Å². The number of ether oxygens (including phenoxy) is 1. The van der Waals surface area contributed by atoms with Crippen LogP contribution in [0, 0.1) is 5.92 Å². The van der Waals surface area contributed by atoms with Gasteiger partial charge < -0.3 is 15.0 Å². The Morgan fingerprint density at radius 1 is 1.14 bits per heavy atom. The Hall–Kier alpha value is -3.15. The van der Waals surface area contributed by atoms with Gasteiger partial charge in [0.25, 0.3) is 0 Å². The van der Waals surface area contributed by atoms with Crippen LogP contribution in [0.5, 0.6) is 0 Å². The fraction of sp³-hybridized carbons (Fsp3) is 0.348. The van der Waals surface area contributed by atoms with Gasteiger partial charge in [-0.25, -0.2) is 4.79 Å². The van der Waals surface area contributed by atoms with E-state index in [4.69, 9.17) is 4.74 Å². The quantitative estimate of drug-likeness (QED) is 0.725. The molecule has 2 amide bonds. The summed E-state index contributed by atoms with van der Waals surface area (Å²) in [5, 5.41) is 2.84. The van der Waals surface area contributed by atoms with Crippen molar-refractivity contribution < 1.29 is 19.1 Å². The van der Waals surface area contributed by atoms with Crippen molar-refractivity contribution in [2.24, 2.45) is 5.92 Å². The first kappa shape index (κ1) is 20.6. The molecular formula is C23H26N2O4. The molecule has 0 radical (unpaired) electrons. The third kappa shape index (κ3) is 5.02. The number of rotatable bonds is 7. The number of hydrogen-bond acceptors (Lipinski definition) is 4.